The maximum absolute atomic E-state index is 12.4. The molecule has 0 saturated carbocycles. The topological polar surface area (TPSA) is 74.7 Å². The molecule has 0 atom stereocenters. The number of halogens is 3. The van der Waals surface area contributed by atoms with E-state index in [-0.39, 0.29) is 4.31 Å². The molecule has 1 aromatic rings. The molecule has 1 N–H and O–H groups in total. The summed E-state index contributed by atoms with van der Waals surface area (Å²) in [4.78, 5) is 10.5. The molecule has 0 aliphatic heterocycles. The lowest BCUT2D eigenvalue weighted by Crippen LogP contribution is -2.41. The summed E-state index contributed by atoms with van der Waals surface area (Å²) in [7, 11) is -4.54. The molecule has 0 aliphatic rings. The number of rotatable bonds is 6. The first-order valence-corrected chi connectivity index (χ1v) is 7.01. The molecule has 112 valence electrons. The van der Waals surface area contributed by atoms with Crippen LogP contribution in [0.4, 0.5) is 13.2 Å². The Balaban J connectivity index is 3.00. The number of benzene rings is 1. The van der Waals surface area contributed by atoms with E-state index in [0.717, 1.165) is 0 Å². The molecule has 20 heavy (non-hydrogen) atoms. The maximum Gasteiger partial charge on any atom is 0.402 e. The number of sulfonamides is 1. The van der Waals surface area contributed by atoms with Crippen molar-refractivity contribution in [3.05, 3.63) is 35.9 Å². The number of hydrogen-bond donors (Lipinski definition) is 1. The lowest BCUT2D eigenvalue weighted by Gasteiger charge is -2.22. The Labute approximate surface area is 113 Å². The van der Waals surface area contributed by atoms with E-state index in [4.69, 9.17) is 5.11 Å². The molecule has 5 nitrogen and oxygen atoms in total. The lowest BCUT2D eigenvalue weighted by molar-refractivity contribution is -0.138. The SMILES string of the molecule is O=C(O)CS(=O)(=O)N(Cc1ccccc1)CC(F)(F)F. The normalized spacial score (nSPS) is 12.6. The predicted molar refractivity (Wildman–Crippen MR) is 64.3 cm³/mol. The summed E-state index contributed by atoms with van der Waals surface area (Å²) in [6.45, 7) is -2.26. The van der Waals surface area contributed by atoms with Gasteiger partial charge in [0, 0.05) is 6.54 Å². The second-order valence-electron chi connectivity index (χ2n) is 4.02. The van der Waals surface area contributed by atoms with Gasteiger partial charge in [-0.3, -0.25) is 4.79 Å². The average Bonchev–Trinajstić information content (AvgIpc) is 2.26. The van der Waals surface area contributed by atoms with Gasteiger partial charge < -0.3 is 5.11 Å². The van der Waals surface area contributed by atoms with Gasteiger partial charge in [0.05, 0.1) is 0 Å². The number of carboxylic acids is 1. The molecule has 0 spiro atoms. The summed E-state index contributed by atoms with van der Waals surface area (Å²) in [5.74, 6) is -3.08. The van der Waals surface area contributed by atoms with Crippen LogP contribution in [0.5, 0.6) is 0 Å². The molecule has 9 heteroatoms. The van der Waals surface area contributed by atoms with Crippen LogP contribution < -0.4 is 0 Å². The average molecular weight is 311 g/mol. The second-order valence-corrected chi connectivity index (χ2v) is 5.99. The summed E-state index contributed by atoms with van der Waals surface area (Å²) in [6, 6.07) is 7.64. The Bertz CT molecular complexity index is 557. The Hall–Kier alpha value is -1.61. The first kappa shape index (κ1) is 16.4. The number of carboxylic acid groups (broad SMARTS) is 1. The molecule has 0 amide bonds. The van der Waals surface area contributed by atoms with Crippen LogP contribution in [0.1, 0.15) is 5.56 Å². The van der Waals surface area contributed by atoms with Crippen molar-refractivity contribution in [2.24, 2.45) is 0 Å². The summed E-state index contributed by atoms with van der Waals surface area (Å²) < 4.78 is 60.7. The van der Waals surface area contributed by atoms with Gasteiger partial charge in [0.1, 0.15) is 6.54 Å². The van der Waals surface area contributed by atoms with E-state index in [1.165, 1.54) is 12.1 Å². The van der Waals surface area contributed by atoms with Gasteiger partial charge in [-0.05, 0) is 5.56 Å². The van der Waals surface area contributed by atoms with Crippen LogP contribution in [0.15, 0.2) is 30.3 Å². The zero-order valence-electron chi connectivity index (χ0n) is 10.2. The molecule has 0 radical (unpaired) electrons. The van der Waals surface area contributed by atoms with Gasteiger partial charge in [-0.25, -0.2) is 8.42 Å². The van der Waals surface area contributed by atoms with Crippen LogP contribution in [0, 0.1) is 0 Å². The molecule has 0 fully saturated rings. The van der Waals surface area contributed by atoms with Crippen LogP contribution in [0.2, 0.25) is 0 Å². The van der Waals surface area contributed by atoms with E-state index >= 15 is 0 Å². The second kappa shape index (κ2) is 6.23. The number of carbonyl (C=O) groups is 1. The fraction of sp³-hybridized carbons (Fsp3) is 0.364. The van der Waals surface area contributed by atoms with Crippen LogP contribution in [-0.4, -0.2) is 42.3 Å². The minimum Gasteiger partial charge on any atom is -0.480 e. The van der Waals surface area contributed by atoms with Crippen molar-refractivity contribution in [1.82, 2.24) is 4.31 Å². The van der Waals surface area contributed by atoms with E-state index in [0.29, 0.717) is 5.56 Å². The van der Waals surface area contributed by atoms with Gasteiger partial charge >= 0.3 is 12.1 Å². The highest BCUT2D eigenvalue weighted by molar-refractivity contribution is 7.89. The molecule has 0 bridgehead atoms. The third-order valence-electron chi connectivity index (χ3n) is 2.26. The van der Waals surface area contributed by atoms with E-state index < -0.39 is 41.0 Å². The van der Waals surface area contributed by atoms with Crippen LogP contribution in [0.3, 0.4) is 0 Å². The first-order chi connectivity index (χ1) is 9.10. The van der Waals surface area contributed by atoms with Crippen molar-refractivity contribution < 1.29 is 31.5 Å². The maximum atomic E-state index is 12.4. The van der Waals surface area contributed by atoms with E-state index in [2.05, 4.69) is 0 Å². The molecule has 0 unspecified atom stereocenters. The van der Waals surface area contributed by atoms with Gasteiger partial charge in [-0.2, -0.15) is 17.5 Å². The van der Waals surface area contributed by atoms with Crippen molar-refractivity contribution in [2.75, 3.05) is 12.3 Å². The molecular formula is C11H12F3NO4S. The fourth-order valence-corrected chi connectivity index (χ4v) is 2.67. The van der Waals surface area contributed by atoms with E-state index in [1.54, 1.807) is 18.2 Å². The predicted octanol–water partition coefficient (Wildman–Crippen LogP) is 1.47. The number of hydrogen-bond acceptors (Lipinski definition) is 3. The summed E-state index contributed by atoms with van der Waals surface area (Å²) in [5, 5.41) is 8.48. The van der Waals surface area contributed by atoms with Crippen molar-refractivity contribution in [2.45, 2.75) is 12.7 Å². The van der Waals surface area contributed by atoms with Gasteiger partial charge in [0.15, 0.2) is 5.75 Å². The Kier molecular flexibility index (Phi) is 5.12. The van der Waals surface area contributed by atoms with E-state index in [9.17, 15) is 26.4 Å². The Morgan fingerprint density at radius 1 is 1.20 bits per heavy atom. The van der Waals surface area contributed by atoms with Crippen molar-refractivity contribution >= 4 is 16.0 Å². The molecule has 0 aliphatic carbocycles. The number of alkyl halides is 3. The standard InChI is InChI=1S/C11H12F3NO4S/c12-11(13,14)8-15(20(18,19)7-10(16)17)6-9-4-2-1-3-5-9/h1-5H,6-8H2,(H,16,17). The molecule has 0 heterocycles. The van der Waals surface area contributed by atoms with E-state index in [1.807, 2.05) is 0 Å². The van der Waals surface area contributed by atoms with Gasteiger partial charge in [0.2, 0.25) is 10.0 Å². The number of aliphatic carboxylic acids is 1. The third-order valence-corrected chi connectivity index (χ3v) is 3.91. The van der Waals surface area contributed by atoms with Crippen LogP contribution in [-0.2, 0) is 21.4 Å². The zero-order valence-corrected chi connectivity index (χ0v) is 11.0. The zero-order chi connectivity index (χ0) is 15.4. The number of nitrogens with zero attached hydrogens (tertiary/aromatic N) is 1. The minimum absolute atomic E-state index is 0.121. The largest absolute Gasteiger partial charge is 0.480 e. The third kappa shape index (κ3) is 5.57. The smallest absolute Gasteiger partial charge is 0.402 e. The van der Waals surface area contributed by atoms with Crippen molar-refractivity contribution in [1.29, 1.82) is 0 Å². The first-order valence-electron chi connectivity index (χ1n) is 5.40. The molecule has 1 aromatic carbocycles. The van der Waals surface area contributed by atoms with Crippen molar-refractivity contribution in [3.63, 3.8) is 0 Å². The monoisotopic (exact) mass is 311 g/mol. The summed E-state index contributed by atoms with van der Waals surface area (Å²) in [6.07, 6.45) is -4.75. The minimum atomic E-state index is -4.75. The van der Waals surface area contributed by atoms with Gasteiger partial charge in [0.25, 0.3) is 0 Å². The highest BCUT2D eigenvalue weighted by atomic mass is 32.2. The Morgan fingerprint density at radius 2 is 1.75 bits per heavy atom. The lowest BCUT2D eigenvalue weighted by atomic mass is 10.2. The Morgan fingerprint density at radius 3 is 2.20 bits per heavy atom. The molecule has 0 saturated heterocycles. The van der Waals surface area contributed by atoms with Gasteiger partial charge in [-0.15, -0.1) is 0 Å². The molecule has 0 aromatic heterocycles. The van der Waals surface area contributed by atoms with Crippen LogP contribution >= 0.6 is 0 Å². The molecular weight excluding hydrogens is 299 g/mol. The van der Waals surface area contributed by atoms with Crippen LogP contribution in [0.25, 0.3) is 0 Å². The summed E-state index contributed by atoms with van der Waals surface area (Å²) >= 11 is 0. The highest BCUT2D eigenvalue weighted by Gasteiger charge is 2.37. The highest BCUT2D eigenvalue weighted by Crippen LogP contribution is 2.20. The van der Waals surface area contributed by atoms with Crippen molar-refractivity contribution in [3.8, 4) is 0 Å². The fourth-order valence-electron chi connectivity index (χ4n) is 1.49. The van der Waals surface area contributed by atoms with Gasteiger partial charge in [-0.1, -0.05) is 30.3 Å². The molecule has 1 rings (SSSR count). The quantitative estimate of drug-likeness (QED) is 0.863. The summed E-state index contributed by atoms with van der Waals surface area (Å²) in [5.41, 5.74) is 0.339.